The molecule has 5 heteroatoms. The summed E-state index contributed by atoms with van der Waals surface area (Å²) in [5.74, 6) is -1.13. The molecule has 5 nitrogen and oxygen atoms in total. The number of hydrogen-bond acceptors (Lipinski definition) is 3. The molecule has 0 aromatic carbocycles. The van der Waals surface area contributed by atoms with E-state index in [1.54, 1.807) is 0 Å². The molecule has 92 valence electrons. The van der Waals surface area contributed by atoms with E-state index in [0.717, 1.165) is 0 Å². The maximum absolute atomic E-state index is 11.2. The van der Waals surface area contributed by atoms with Crippen LogP contribution < -0.4 is 5.32 Å². The summed E-state index contributed by atoms with van der Waals surface area (Å²) in [6.07, 6.45) is 2.08. The molecule has 0 radical (unpaired) electrons. The Bertz CT molecular complexity index is 248. The molecule has 0 rings (SSSR count). The Morgan fingerprint density at radius 3 is 2.38 bits per heavy atom. The smallest absolute Gasteiger partial charge is 0.408 e. The molecule has 0 heterocycles. The molecule has 0 spiro atoms. The van der Waals surface area contributed by atoms with Crippen molar-refractivity contribution in [2.24, 2.45) is 5.92 Å². The lowest BCUT2D eigenvalue weighted by atomic mass is 9.94. The van der Waals surface area contributed by atoms with E-state index >= 15 is 0 Å². The van der Waals surface area contributed by atoms with E-state index in [9.17, 15) is 9.59 Å². The zero-order chi connectivity index (χ0) is 12.6. The van der Waals surface area contributed by atoms with Crippen molar-refractivity contribution in [2.75, 3.05) is 6.61 Å². The summed E-state index contributed by atoms with van der Waals surface area (Å²) in [5.41, 5.74) is 0. The Kier molecular flexibility index (Phi) is 7.00. The molecule has 0 fully saturated rings. The van der Waals surface area contributed by atoms with Gasteiger partial charge >= 0.3 is 12.1 Å². The van der Waals surface area contributed by atoms with Crippen molar-refractivity contribution in [1.82, 2.24) is 5.32 Å². The third kappa shape index (κ3) is 4.82. The Balaban J connectivity index is 4.38. The Morgan fingerprint density at radius 1 is 1.44 bits per heavy atom. The number of carbonyl (C=O) groups excluding carboxylic acids is 1. The second-order valence-corrected chi connectivity index (χ2v) is 3.42. The van der Waals surface area contributed by atoms with Gasteiger partial charge in [-0.15, -0.1) is 0 Å². The lowest BCUT2D eigenvalue weighted by Gasteiger charge is -2.21. The van der Waals surface area contributed by atoms with Gasteiger partial charge in [-0.25, -0.2) is 9.59 Å². The zero-order valence-corrected chi connectivity index (χ0v) is 9.73. The normalized spacial score (nSPS) is 11.9. The Labute approximate surface area is 95.5 Å². The molecule has 0 saturated carbocycles. The predicted octanol–water partition coefficient (Wildman–Crippen LogP) is 1.79. The first kappa shape index (κ1) is 14.5. The number of alkyl carbamates (subject to hydrolysis) is 1. The number of aliphatic carboxylic acids is 1. The van der Waals surface area contributed by atoms with Crippen molar-refractivity contribution in [3.63, 3.8) is 0 Å². The minimum absolute atomic E-state index is 0.0705. The highest BCUT2D eigenvalue weighted by atomic mass is 16.5. The molecule has 1 amide bonds. The van der Waals surface area contributed by atoms with Gasteiger partial charge in [0, 0.05) is 0 Å². The fourth-order valence-corrected chi connectivity index (χ4v) is 1.44. The minimum atomic E-state index is -1.04. The van der Waals surface area contributed by atoms with E-state index < -0.39 is 18.1 Å². The molecule has 0 aliphatic carbocycles. The van der Waals surface area contributed by atoms with Gasteiger partial charge < -0.3 is 15.2 Å². The van der Waals surface area contributed by atoms with Gasteiger partial charge in [-0.3, -0.25) is 0 Å². The van der Waals surface area contributed by atoms with E-state index in [2.05, 4.69) is 16.6 Å². The first-order valence-corrected chi connectivity index (χ1v) is 5.33. The molecule has 0 aromatic rings. The highest BCUT2D eigenvalue weighted by Gasteiger charge is 2.27. The number of carbonyl (C=O) groups is 2. The number of nitrogens with one attached hydrogen (secondary N) is 1. The molecule has 0 aromatic heterocycles. The van der Waals surface area contributed by atoms with Crippen molar-refractivity contribution >= 4 is 12.1 Å². The van der Waals surface area contributed by atoms with E-state index in [4.69, 9.17) is 5.11 Å². The van der Waals surface area contributed by atoms with Gasteiger partial charge in [0.2, 0.25) is 0 Å². The molecule has 0 bridgehead atoms. The van der Waals surface area contributed by atoms with Gasteiger partial charge in [0.25, 0.3) is 0 Å². The third-order valence-electron chi connectivity index (χ3n) is 2.39. The van der Waals surface area contributed by atoms with Crippen LogP contribution in [0.1, 0.15) is 26.7 Å². The number of carboxylic acids is 1. The molecule has 2 N–H and O–H groups in total. The first-order valence-electron chi connectivity index (χ1n) is 5.33. The molecular weight excluding hydrogens is 210 g/mol. The number of hydrogen-bond donors (Lipinski definition) is 2. The molecular formula is C11H19NO4. The Hall–Kier alpha value is -1.52. The number of rotatable bonds is 7. The van der Waals surface area contributed by atoms with Crippen molar-refractivity contribution in [3.8, 4) is 0 Å². The van der Waals surface area contributed by atoms with Gasteiger partial charge in [-0.05, 0) is 5.92 Å². The van der Waals surface area contributed by atoms with Crippen LogP contribution in [0.3, 0.4) is 0 Å². The van der Waals surface area contributed by atoms with Crippen molar-refractivity contribution < 1.29 is 19.4 Å². The quantitative estimate of drug-likeness (QED) is 0.652. The second-order valence-electron chi connectivity index (χ2n) is 3.42. The van der Waals surface area contributed by atoms with E-state index in [0.29, 0.717) is 12.8 Å². The van der Waals surface area contributed by atoms with Gasteiger partial charge in [-0.1, -0.05) is 39.3 Å². The van der Waals surface area contributed by atoms with Crippen LogP contribution in [-0.2, 0) is 9.53 Å². The van der Waals surface area contributed by atoms with Gasteiger partial charge in [0.1, 0.15) is 12.6 Å². The average molecular weight is 229 g/mol. The predicted molar refractivity (Wildman–Crippen MR) is 60.2 cm³/mol. The second kappa shape index (κ2) is 7.73. The van der Waals surface area contributed by atoms with Crippen LogP contribution in [0.25, 0.3) is 0 Å². The monoisotopic (exact) mass is 229 g/mol. The number of ether oxygens (including phenoxy) is 1. The topological polar surface area (TPSA) is 75.6 Å². The lowest BCUT2D eigenvalue weighted by Crippen LogP contribution is -2.45. The van der Waals surface area contributed by atoms with Crippen LogP contribution in [-0.4, -0.2) is 29.8 Å². The van der Waals surface area contributed by atoms with Crippen molar-refractivity contribution in [1.29, 1.82) is 0 Å². The summed E-state index contributed by atoms with van der Waals surface area (Å²) < 4.78 is 4.68. The van der Waals surface area contributed by atoms with Gasteiger partial charge in [0.15, 0.2) is 0 Å². The van der Waals surface area contributed by atoms with E-state index in [-0.39, 0.29) is 12.5 Å². The summed E-state index contributed by atoms with van der Waals surface area (Å²) in [5, 5.41) is 11.3. The minimum Gasteiger partial charge on any atom is -0.480 e. The van der Waals surface area contributed by atoms with E-state index in [1.165, 1.54) is 6.08 Å². The largest absolute Gasteiger partial charge is 0.480 e. The number of amides is 1. The molecule has 16 heavy (non-hydrogen) atoms. The average Bonchev–Trinajstić information content (AvgIpc) is 2.26. The van der Waals surface area contributed by atoms with Crippen LogP contribution in [0.4, 0.5) is 4.79 Å². The third-order valence-corrected chi connectivity index (χ3v) is 2.39. The fourth-order valence-electron chi connectivity index (χ4n) is 1.44. The van der Waals surface area contributed by atoms with Crippen molar-refractivity contribution in [3.05, 3.63) is 12.7 Å². The highest BCUT2D eigenvalue weighted by molar-refractivity contribution is 5.80. The molecule has 1 unspecified atom stereocenters. The molecule has 0 aliphatic heterocycles. The maximum atomic E-state index is 11.2. The van der Waals surface area contributed by atoms with Crippen LogP contribution >= 0.6 is 0 Å². The lowest BCUT2D eigenvalue weighted by molar-refractivity contribution is -0.140. The van der Waals surface area contributed by atoms with Crippen LogP contribution in [0.2, 0.25) is 0 Å². The van der Waals surface area contributed by atoms with Crippen LogP contribution in [0.15, 0.2) is 12.7 Å². The fraction of sp³-hybridized carbons (Fsp3) is 0.636. The van der Waals surface area contributed by atoms with Gasteiger partial charge in [0.05, 0.1) is 0 Å². The molecule has 0 aliphatic rings. The van der Waals surface area contributed by atoms with Crippen LogP contribution in [0, 0.1) is 5.92 Å². The summed E-state index contributed by atoms with van der Waals surface area (Å²) >= 11 is 0. The summed E-state index contributed by atoms with van der Waals surface area (Å²) in [6.45, 7) is 7.24. The first-order chi connectivity index (χ1) is 7.56. The van der Waals surface area contributed by atoms with Gasteiger partial charge in [-0.2, -0.15) is 0 Å². The zero-order valence-electron chi connectivity index (χ0n) is 9.73. The molecule has 0 saturated heterocycles. The maximum Gasteiger partial charge on any atom is 0.408 e. The molecule has 1 atom stereocenters. The summed E-state index contributed by atoms with van der Waals surface area (Å²) in [7, 11) is 0. The summed E-state index contributed by atoms with van der Waals surface area (Å²) in [6, 6.07) is -0.896. The summed E-state index contributed by atoms with van der Waals surface area (Å²) in [4.78, 5) is 22.2. The standard InChI is InChI=1S/C11H19NO4/c1-4-7-16-11(15)12-9(10(13)14)8(5-2)6-3/h4,8-9H,1,5-7H2,2-3H3,(H,12,15)(H,13,14). The van der Waals surface area contributed by atoms with E-state index in [1.807, 2.05) is 13.8 Å². The van der Waals surface area contributed by atoms with Crippen molar-refractivity contribution in [2.45, 2.75) is 32.7 Å². The number of carboxylic acid groups (broad SMARTS) is 1. The Morgan fingerprint density at radius 2 is 2.00 bits per heavy atom. The van der Waals surface area contributed by atoms with Crippen LogP contribution in [0.5, 0.6) is 0 Å². The SMILES string of the molecule is C=CCOC(=O)NC(C(=O)O)C(CC)CC. The highest BCUT2D eigenvalue weighted by Crippen LogP contribution is 2.13.